The number of aldehydes is 1. The van der Waals surface area contributed by atoms with Gasteiger partial charge in [0.15, 0.2) is 6.29 Å². The van der Waals surface area contributed by atoms with E-state index >= 15 is 0 Å². The summed E-state index contributed by atoms with van der Waals surface area (Å²) in [7, 11) is 0. The van der Waals surface area contributed by atoms with Gasteiger partial charge in [0.2, 0.25) is 11.6 Å². The maximum atomic E-state index is 11.4. The Balaban J connectivity index is 3.19. The third-order valence-electron chi connectivity index (χ3n) is 1.76. The normalized spacial score (nSPS) is 11.1. The summed E-state index contributed by atoms with van der Waals surface area (Å²) in [6.45, 7) is 0.955. The number of rotatable bonds is 3. The van der Waals surface area contributed by atoms with Crippen molar-refractivity contribution in [3.8, 4) is 0 Å². The second kappa shape index (κ2) is 3.69. The lowest BCUT2D eigenvalue weighted by Crippen LogP contribution is -2.35. The molecule has 0 aromatic heterocycles. The van der Waals surface area contributed by atoms with E-state index in [2.05, 4.69) is 0 Å². The highest BCUT2D eigenvalue weighted by Crippen LogP contribution is 2.13. The Bertz CT molecular complexity index is 363. The highest BCUT2D eigenvalue weighted by molar-refractivity contribution is 6.06. The number of carbonyl (C=O) groups excluding carboxylic acids is 2. The zero-order valence-electron chi connectivity index (χ0n) is 7.60. The minimum atomic E-state index is -2.45. The van der Waals surface area contributed by atoms with Crippen molar-refractivity contribution in [3.63, 3.8) is 0 Å². The fourth-order valence-electron chi connectivity index (χ4n) is 1.06. The van der Waals surface area contributed by atoms with E-state index in [9.17, 15) is 9.59 Å². The zero-order chi connectivity index (χ0) is 10.8. The van der Waals surface area contributed by atoms with Gasteiger partial charge in [-0.15, -0.1) is 0 Å². The Hall–Kier alpha value is -1.52. The van der Waals surface area contributed by atoms with Crippen molar-refractivity contribution < 1.29 is 19.8 Å². The first-order valence-corrected chi connectivity index (χ1v) is 4.00. The first-order valence-electron chi connectivity index (χ1n) is 4.00. The van der Waals surface area contributed by atoms with Gasteiger partial charge in [0, 0.05) is 11.1 Å². The summed E-state index contributed by atoms with van der Waals surface area (Å²) in [4.78, 5) is 21.9. The Morgan fingerprint density at radius 2 is 1.93 bits per heavy atom. The van der Waals surface area contributed by atoms with Gasteiger partial charge in [0.25, 0.3) is 0 Å². The van der Waals surface area contributed by atoms with Crippen molar-refractivity contribution >= 4 is 12.1 Å². The fraction of sp³-hybridized carbons (Fsp3) is 0.200. The maximum absolute atomic E-state index is 11.4. The summed E-state index contributed by atoms with van der Waals surface area (Å²) in [6, 6.07) is 5.95. The maximum Gasteiger partial charge on any atom is 0.225 e. The Morgan fingerprint density at radius 1 is 1.36 bits per heavy atom. The summed E-state index contributed by atoms with van der Waals surface area (Å²) in [6.07, 6.45) is 0.499. The van der Waals surface area contributed by atoms with Crippen molar-refractivity contribution in [2.45, 2.75) is 12.7 Å². The molecule has 0 aliphatic rings. The van der Waals surface area contributed by atoms with Crippen LogP contribution in [0.4, 0.5) is 0 Å². The number of hydrogen-bond donors (Lipinski definition) is 2. The number of aliphatic hydroxyl groups is 2. The van der Waals surface area contributed by atoms with Crippen molar-refractivity contribution in [2.24, 2.45) is 0 Å². The predicted molar refractivity (Wildman–Crippen MR) is 49.0 cm³/mol. The topological polar surface area (TPSA) is 74.6 Å². The minimum Gasteiger partial charge on any atom is -0.360 e. The number of carbonyl (C=O) groups is 2. The van der Waals surface area contributed by atoms with Crippen LogP contribution in [-0.2, 0) is 0 Å². The number of ketones is 1. The Labute approximate surface area is 80.8 Å². The molecular weight excluding hydrogens is 184 g/mol. The molecule has 2 N–H and O–H groups in total. The molecule has 4 nitrogen and oxygen atoms in total. The van der Waals surface area contributed by atoms with E-state index in [1.54, 1.807) is 12.1 Å². The van der Waals surface area contributed by atoms with Crippen LogP contribution in [0.3, 0.4) is 0 Å². The Morgan fingerprint density at radius 3 is 2.43 bits per heavy atom. The van der Waals surface area contributed by atoms with Crippen LogP contribution in [0.2, 0.25) is 0 Å². The van der Waals surface area contributed by atoms with Crippen molar-refractivity contribution in [3.05, 3.63) is 35.4 Å². The molecule has 4 heteroatoms. The van der Waals surface area contributed by atoms with Gasteiger partial charge in [-0.25, -0.2) is 0 Å². The van der Waals surface area contributed by atoms with Gasteiger partial charge in [-0.05, 0) is 6.92 Å². The quantitative estimate of drug-likeness (QED) is 0.414. The first-order chi connectivity index (χ1) is 6.46. The van der Waals surface area contributed by atoms with Crippen LogP contribution < -0.4 is 0 Å². The largest absolute Gasteiger partial charge is 0.360 e. The standard InChI is InChI=1S/C10H10O4/c1-10(13,14)9(12)8-5-3-2-4-7(8)6-11/h2-6,13-14H,1H3. The minimum absolute atomic E-state index is 0.00926. The van der Waals surface area contributed by atoms with Crippen LogP contribution in [-0.4, -0.2) is 28.1 Å². The highest BCUT2D eigenvalue weighted by atomic mass is 16.5. The summed E-state index contributed by atoms with van der Waals surface area (Å²) >= 11 is 0. The molecule has 0 saturated carbocycles. The van der Waals surface area contributed by atoms with Gasteiger partial charge in [-0.2, -0.15) is 0 Å². The van der Waals surface area contributed by atoms with Gasteiger partial charge in [-0.3, -0.25) is 9.59 Å². The lowest BCUT2D eigenvalue weighted by molar-refractivity contribution is -0.106. The third kappa shape index (κ3) is 2.04. The van der Waals surface area contributed by atoms with Gasteiger partial charge in [0.1, 0.15) is 0 Å². The monoisotopic (exact) mass is 194 g/mol. The van der Waals surface area contributed by atoms with Gasteiger partial charge in [0.05, 0.1) is 0 Å². The molecule has 1 aromatic carbocycles. The molecule has 0 amide bonds. The summed E-state index contributed by atoms with van der Waals surface area (Å²) in [5.74, 6) is -3.33. The molecule has 0 atom stereocenters. The molecule has 0 aliphatic heterocycles. The lowest BCUT2D eigenvalue weighted by atomic mass is 10.00. The van der Waals surface area contributed by atoms with Crippen molar-refractivity contribution in [2.75, 3.05) is 0 Å². The molecule has 0 unspecified atom stereocenters. The average molecular weight is 194 g/mol. The molecule has 0 spiro atoms. The zero-order valence-corrected chi connectivity index (χ0v) is 7.60. The molecule has 74 valence electrons. The van der Waals surface area contributed by atoms with E-state index in [1.807, 2.05) is 0 Å². The van der Waals surface area contributed by atoms with Gasteiger partial charge < -0.3 is 10.2 Å². The molecule has 14 heavy (non-hydrogen) atoms. The van der Waals surface area contributed by atoms with E-state index in [1.165, 1.54) is 12.1 Å². The Kier molecular flexibility index (Phi) is 2.78. The molecule has 0 heterocycles. The third-order valence-corrected chi connectivity index (χ3v) is 1.76. The van der Waals surface area contributed by atoms with Gasteiger partial charge in [-0.1, -0.05) is 24.3 Å². The van der Waals surface area contributed by atoms with Crippen LogP contribution in [0.5, 0.6) is 0 Å². The fourth-order valence-corrected chi connectivity index (χ4v) is 1.06. The second-order valence-electron chi connectivity index (χ2n) is 3.06. The molecule has 0 fully saturated rings. The SMILES string of the molecule is CC(O)(O)C(=O)c1ccccc1C=O. The molecule has 0 aliphatic carbocycles. The van der Waals surface area contributed by atoms with Crippen LogP contribution in [0.15, 0.2) is 24.3 Å². The number of benzene rings is 1. The van der Waals surface area contributed by atoms with Crippen LogP contribution in [0, 0.1) is 0 Å². The van der Waals surface area contributed by atoms with Crippen LogP contribution in [0.1, 0.15) is 27.6 Å². The average Bonchev–Trinajstić information content (AvgIpc) is 2.15. The van der Waals surface area contributed by atoms with Crippen LogP contribution in [0.25, 0.3) is 0 Å². The summed E-state index contributed by atoms with van der Waals surface area (Å²) in [5.41, 5.74) is 0.154. The van der Waals surface area contributed by atoms with Gasteiger partial charge >= 0.3 is 0 Å². The van der Waals surface area contributed by atoms with E-state index in [-0.39, 0.29) is 11.1 Å². The summed E-state index contributed by atoms with van der Waals surface area (Å²) in [5, 5.41) is 18.1. The van der Waals surface area contributed by atoms with E-state index in [4.69, 9.17) is 10.2 Å². The highest BCUT2D eigenvalue weighted by Gasteiger charge is 2.29. The van der Waals surface area contributed by atoms with Crippen molar-refractivity contribution in [1.29, 1.82) is 0 Å². The first kappa shape index (κ1) is 10.6. The second-order valence-corrected chi connectivity index (χ2v) is 3.06. The molecular formula is C10H10O4. The predicted octanol–water partition coefficient (Wildman–Crippen LogP) is 0.383. The number of Topliss-reactive ketones (excluding diaryl/α,β-unsaturated/α-hetero) is 1. The summed E-state index contributed by atoms with van der Waals surface area (Å²) < 4.78 is 0. The molecule has 0 radical (unpaired) electrons. The van der Waals surface area contributed by atoms with Crippen LogP contribution >= 0.6 is 0 Å². The molecule has 1 aromatic rings. The lowest BCUT2D eigenvalue weighted by Gasteiger charge is -2.14. The molecule has 1 rings (SSSR count). The molecule has 0 bridgehead atoms. The smallest absolute Gasteiger partial charge is 0.225 e. The van der Waals surface area contributed by atoms with E-state index < -0.39 is 11.6 Å². The molecule has 0 saturated heterocycles. The van der Waals surface area contributed by atoms with E-state index in [0.29, 0.717) is 6.29 Å². The van der Waals surface area contributed by atoms with E-state index in [0.717, 1.165) is 6.92 Å². The van der Waals surface area contributed by atoms with Crippen molar-refractivity contribution in [1.82, 2.24) is 0 Å². The number of hydrogen-bond acceptors (Lipinski definition) is 4.